The fourth-order valence-corrected chi connectivity index (χ4v) is 9.59. The molecule has 10 aromatic carbocycles. The summed E-state index contributed by atoms with van der Waals surface area (Å²) >= 11 is 0. The molecule has 0 fully saturated rings. The number of aromatic nitrogens is 4. The van der Waals surface area contributed by atoms with E-state index in [9.17, 15) is 0 Å². The van der Waals surface area contributed by atoms with Gasteiger partial charge in [-0.15, -0.1) is 0 Å². The molecular weight excluding hydrogens is 757 g/mol. The molecule has 3 heterocycles. The van der Waals surface area contributed by atoms with Crippen LogP contribution < -0.4 is 0 Å². The average Bonchev–Trinajstić information content (AvgIpc) is 3.91. The van der Waals surface area contributed by atoms with E-state index in [1.165, 1.54) is 11.1 Å². The van der Waals surface area contributed by atoms with Gasteiger partial charge in [0.25, 0.3) is 0 Å². The third-order valence-electron chi connectivity index (χ3n) is 12.4. The van der Waals surface area contributed by atoms with Crippen molar-refractivity contribution in [2.24, 2.45) is 0 Å². The van der Waals surface area contributed by atoms with Crippen molar-refractivity contribution >= 4 is 76.1 Å². The Morgan fingerprint density at radius 2 is 0.855 bits per heavy atom. The highest BCUT2D eigenvalue weighted by atomic mass is 16.3. The predicted octanol–water partition coefficient (Wildman–Crippen LogP) is 15.0. The van der Waals surface area contributed by atoms with Crippen molar-refractivity contribution in [3.63, 3.8) is 0 Å². The Hall–Kier alpha value is -8.41. The maximum Gasteiger partial charge on any atom is 0.238 e. The third-order valence-corrected chi connectivity index (χ3v) is 12.4. The van der Waals surface area contributed by atoms with Crippen LogP contribution in [0, 0.1) is 0 Å². The van der Waals surface area contributed by atoms with E-state index in [-0.39, 0.29) is 0 Å². The zero-order valence-electron chi connectivity index (χ0n) is 33.3. The summed E-state index contributed by atoms with van der Waals surface area (Å²) in [5.41, 5.74) is 10.2. The van der Waals surface area contributed by atoms with E-state index in [0.717, 1.165) is 98.3 Å². The van der Waals surface area contributed by atoms with E-state index < -0.39 is 0 Å². The van der Waals surface area contributed by atoms with Gasteiger partial charge in [-0.1, -0.05) is 194 Å². The molecule has 0 amide bonds. The summed E-state index contributed by atoms with van der Waals surface area (Å²) in [6, 6.07) is 72.7. The molecule has 13 rings (SSSR count). The Balaban J connectivity index is 1.12. The maximum absolute atomic E-state index is 6.68. The first kappa shape index (κ1) is 34.5. The number of para-hydroxylation sites is 1. The first-order valence-electron chi connectivity index (χ1n) is 20.9. The Bertz CT molecular complexity index is 3830. The fraction of sp³-hybridized carbons (Fsp3) is 0. The molecular formula is C57H34N4O. The van der Waals surface area contributed by atoms with Crippen molar-refractivity contribution in [1.29, 1.82) is 0 Å². The Morgan fingerprint density at radius 3 is 1.53 bits per heavy atom. The van der Waals surface area contributed by atoms with Gasteiger partial charge in [0, 0.05) is 48.8 Å². The van der Waals surface area contributed by atoms with Crippen LogP contribution in [0.2, 0.25) is 0 Å². The summed E-state index contributed by atoms with van der Waals surface area (Å²) in [4.78, 5) is 16.4. The first-order chi connectivity index (χ1) is 30.7. The lowest BCUT2D eigenvalue weighted by atomic mass is 9.94. The molecule has 13 aromatic rings. The van der Waals surface area contributed by atoms with E-state index in [2.05, 4.69) is 199 Å². The predicted molar refractivity (Wildman–Crippen MR) is 256 cm³/mol. The number of fused-ring (bicyclic) bond motifs is 12. The minimum atomic E-state index is 0.547. The summed E-state index contributed by atoms with van der Waals surface area (Å²) in [5.74, 6) is 1.70. The molecule has 0 radical (unpaired) electrons. The highest BCUT2D eigenvalue weighted by Gasteiger charge is 2.24. The van der Waals surface area contributed by atoms with E-state index in [4.69, 9.17) is 19.4 Å². The second-order valence-corrected chi connectivity index (χ2v) is 15.9. The van der Waals surface area contributed by atoms with Crippen LogP contribution in [0.25, 0.3) is 127 Å². The van der Waals surface area contributed by atoms with Crippen molar-refractivity contribution in [3.05, 3.63) is 206 Å². The van der Waals surface area contributed by atoms with E-state index in [1.54, 1.807) is 0 Å². The van der Waals surface area contributed by atoms with Gasteiger partial charge in [-0.25, -0.2) is 4.98 Å². The summed E-state index contributed by atoms with van der Waals surface area (Å²) < 4.78 is 8.96. The van der Waals surface area contributed by atoms with Gasteiger partial charge in [0.2, 0.25) is 5.95 Å². The largest absolute Gasteiger partial charge is 0.455 e. The highest BCUT2D eigenvalue weighted by Crippen LogP contribution is 2.43. The van der Waals surface area contributed by atoms with E-state index >= 15 is 0 Å². The average molecular weight is 791 g/mol. The number of hydrogen-bond donors (Lipinski definition) is 0. The molecule has 0 aliphatic heterocycles. The molecule has 0 unspecified atom stereocenters. The van der Waals surface area contributed by atoms with Gasteiger partial charge in [-0.3, -0.25) is 4.57 Å². The smallest absolute Gasteiger partial charge is 0.238 e. The number of nitrogens with zero attached hydrogens (tertiary/aromatic N) is 4. The van der Waals surface area contributed by atoms with E-state index in [1.807, 2.05) is 12.1 Å². The molecule has 0 spiro atoms. The lowest BCUT2D eigenvalue weighted by molar-refractivity contribution is 0.672. The van der Waals surface area contributed by atoms with Gasteiger partial charge >= 0.3 is 0 Å². The van der Waals surface area contributed by atoms with Crippen molar-refractivity contribution < 1.29 is 4.42 Å². The van der Waals surface area contributed by atoms with Gasteiger partial charge in [-0.2, -0.15) is 9.97 Å². The maximum atomic E-state index is 6.68. The molecule has 0 N–H and O–H groups in total. The topological polar surface area (TPSA) is 56.7 Å². The Morgan fingerprint density at radius 1 is 0.339 bits per heavy atom. The fourth-order valence-electron chi connectivity index (χ4n) is 9.59. The summed E-state index contributed by atoms with van der Waals surface area (Å²) in [5, 5.41) is 10.9. The van der Waals surface area contributed by atoms with Gasteiger partial charge in [-0.05, 0) is 50.5 Å². The van der Waals surface area contributed by atoms with Gasteiger partial charge < -0.3 is 4.42 Å². The molecule has 3 aromatic heterocycles. The van der Waals surface area contributed by atoms with Crippen LogP contribution in [0.3, 0.4) is 0 Å². The van der Waals surface area contributed by atoms with Crippen LogP contribution in [-0.4, -0.2) is 19.5 Å². The monoisotopic (exact) mass is 790 g/mol. The molecule has 0 aliphatic rings. The SMILES string of the molecule is c1ccc(-c2ccccc2-c2ccc(-c3nc(-c4cc5ccccc5c5oc6ccccc6c45)nc(-n4c5c6ccccc6ccc5c5ccc6ccccc6c54)n3)cc2)cc1. The Labute approximate surface area is 355 Å². The van der Waals surface area contributed by atoms with Gasteiger partial charge in [0.05, 0.1) is 11.0 Å². The quantitative estimate of drug-likeness (QED) is 0.174. The molecule has 0 saturated carbocycles. The van der Waals surface area contributed by atoms with Crippen molar-refractivity contribution in [3.8, 4) is 51.0 Å². The zero-order chi connectivity index (χ0) is 40.7. The number of rotatable bonds is 5. The minimum Gasteiger partial charge on any atom is -0.455 e. The van der Waals surface area contributed by atoms with Crippen LogP contribution in [0.1, 0.15) is 0 Å². The van der Waals surface area contributed by atoms with Gasteiger partial charge in [0.15, 0.2) is 11.6 Å². The molecule has 62 heavy (non-hydrogen) atoms. The number of furan rings is 1. The second-order valence-electron chi connectivity index (χ2n) is 15.9. The van der Waals surface area contributed by atoms with Gasteiger partial charge in [0.1, 0.15) is 11.2 Å². The third kappa shape index (κ3) is 5.25. The zero-order valence-corrected chi connectivity index (χ0v) is 33.3. The van der Waals surface area contributed by atoms with Crippen LogP contribution in [0.4, 0.5) is 0 Å². The van der Waals surface area contributed by atoms with Crippen LogP contribution in [-0.2, 0) is 0 Å². The molecule has 5 heteroatoms. The summed E-state index contributed by atoms with van der Waals surface area (Å²) in [7, 11) is 0. The molecule has 0 saturated heterocycles. The normalized spacial score (nSPS) is 11.9. The second kappa shape index (κ2) is 13.6. The standard InChI is InChI=1S/C57H34N4O/c1-2-14-35(15-3-1)41-19-10-11-20-42(41)38-26-28-39(29-27-38)55-58-56(49-34-40-18-6-9-23-45(40)54-51(49)48-24-12-13-25-50(48)62-54)60-57(59-55)61-52-43-21-7-4-16-36(43)30-32-46(52)47-33-31-37-17-5-8-22-44(37)53(47)61/h1-34H. The molecule has 288 valence electrons. The highest BCUT2D eigenvalue weighted by molar-refractivity contribution is 6.24. The van der Waals surface area contributed by atoms with Crippen LogP contribution >= 0.6 is 0 Å². The molecule has 5 nitrogen and oxygen atoms in total. The minimum absolute atomic E-state index is 0.547. The molecule has 0 aliphatic carbocycles. The lowest BCUT2D eigenvalue weighted by Crippen LogP contribution is -2.07. The Kier molecular flexibility index (Phi) is 7.54. The molecule has 0 atom stereocenters. The summed E-state index contributed by atoms with van der Waals surface area (Å²) in [6.07, 6.45) is 0. The summed E-state index contributed by atoms with van der Waals surface area (Å²) in [6.45, 7) is 0. The first-order valence-corrected chi connectivity index (χ1v) is 20.9. The number of hydrogen-bond acceptors (Lipinski definition) is 4. The van der Waals surface area contributed by atoms with Crippen molar-refractivity contribution in [1.82, 2.24) is 19.5 Å². The van der Waals surface area contributed by atoms with Crippen LogP contribution in [0.15, 0.2) is 211 Å². The van der Waals surface area contributed by atoms with Crippen LogP contribution in [0.5, 0.6) is 0 Å². The number of benzene rings is 10. The van der Waals surface area contributed by atoms with Crippen molar-refractivity contribution in [2.75, 3.05) is 0 Å². The van der Waals surface area contributed by atoms with E-state index in [0.29, 0.717) is 17.6 Å². The van der Waals surface area contributed by atoms with Crippen molar-refractivity contribution in [2.45, 2.75) is 0 Å². The molecule has 0 bridgehead atoms. The lowest BCUT2D eigenvalue weighted by Gasteiger charge is -2.14.